The number of hydrogen-bond acceptors (Lipinski definition) is 3. The van der Waals surface area contributed by atoms with Crippen molar-refractivity contribution in [2.45, 2.75) is 19.8 Å². The minimum atomic E-state index is -0.343. The quantitative estimate of drug-likeness (QED) is 0.815. The summed E-state index contributed by atoms with van der Waals surface area (Å²) in [5.41, 5.74) is 7.22. The molecule has 142 valence electrons. The number of rotatable bonds is 4. The van der Waals surface area contributed by atoms with Gasteiger partial charge in [0.05, 0.1) is 11.4 Å². The van der Waals surface area contributed by atoms with Crippen LogP contribution in [0.3, 0.4) is 0 Å². The predicted molar refractivity (Wildman–Crippen MR) is 101 cm³/mol. The Kier molecular flexibility index (Phi) is 5.60. The van der Waals surface area contributed by atoms with Gasteiger partial charge in [-0.05, 0) is 50.1 Å². The molecule has 1 aliphatic heterocycles. The van der Waals surface area contributed by atoms with E-state index in [-0.39, 0.29) is 23.5 Å². The smallest absolute Gasteiger partial charge is 0.246 e. The molecule has 0 aliphatic carbocycles. The van der Waals surface area contributed by atoms with Gasteiger partial charge in [-0.25, -0.2) is 9.07 Å². The van der Waals surface area contributed by atoms with Crippen molar-refractivity contribution in [1.29, 1.82) is 0 Å². The molecule has 27 heavy (non-hydrogen) atoms. The number of piperidine rings is 1. The van der Waals surface area contributed by atoms with Crippen LogP contribution in [-0.4, -0.2) is 39.6 Å². The van der Waals surface area contributed by atoms with Crippen molar-refractivity contribution in [2.75, 3.05) is 13.1 Å². The minimum absolute atomic E-state index is 0.150. The fourth-order valence-corrected chi connectivity index (χ4v) is 3.43. The highest BCUT2D eigenvalue weighted by Crippen LogP contribution is 2.25. The van der Waals surface area contributed by atoms with E-state index in [0.717, 1.165) is 0 Å². The number of aryl methyl sites for hydroxylation is 1. The third-order valence-electron chi connectivity index (χ3n) is 4.72. The molecule has 0 unspecified atom stereocenters. The Morgan fingerprint density at radius 1 is 1.26 bits per heavy atom. The maximum atomic E-state index is 13.1. The zero-order valence-electron chi connectivity index (χ0n) is 14.9. The summed E-state index contributed by atoms with van der Waals surface area (Å²) in [5.74, 6) is -0.968. The number of halogens is 2. The number of primary amides is 1. The Hall–Kier alpha value is -2.67. The van der Waals surface area contributed by atoms with E-state index in [1.807, 2.05) is 0 Å². The van der Waals surface area contributed by atoms with Gasteiger partial charge in [0.25, 0.3) is 0 Å². The highest BCUT2D eigenvalue weighted by molar-refractivity contribution is 6.31. The van der Waals surface area contributed by atoms with Crippen LogP contribution in [0.2, 0.25) is 5.15 Å². The molecule has 1 saturated heterocycles. The first-order chi connectivity index (χ1) is 12.9. The van der Waals surface area contributed by atoms with E-state index in [2.05, 4.69) is 5.10 Å². The molecule has 1 fully saturated rings. The first-order valence-corrected chi connectivity index (χ1v) is 9.02. The molecule has 2 N–H and O–H groups in total. The monoisotopic (exact) mass is 390 g/mol. The lowest BCUT2D eigenvalue weighted by Crippen LogP contribution is -2.41. The minimum Gasteiger partial charge on any atom is -0.369 e. The highest BCUT2D eigenvalue weighted by atomic mass is 35.5. The summed E-state index contributed by atoms with van der Waals surface area (Å²) in [6.07, 6.45) is 4.25. The van der Waals surface area contributed by atoms with Crippen LogP contribution in [0.15, 0.2) is 30.3 Å². The Bertz CT molecular complexity index is 884. The van der Waals surface area contributed by atoms with Crippen molar-refractivity contribution in [3.05, 3.63) is 52.6 Å². The second-order valence-electron chi connectivity index (χ2n) is 6.51. The van der Waals surface area contributed by atoms with Crippen LogP contribution in [0.5, 0.6) is 0 Å². The lowest BCUT2D eigenvalue weighted by molar-refractivity contribution is -0.130. The molecule has 2 heterocycles. The summed E-state index contributed by atoms with van der Waals surface area (Å²) < 4.78 is 14.6. The van der Waals surface area contributed by atoms with Gasteiger partial charge in [-0.2, -0.15) is 5.10 Å². The molecule has 6 nitrogen and oxygen atoms in total. The lowest BCUT2D eigenvalue weighted by atomic mass is 9.96. The zero-order valence-corrected chi connectivity index (χ0v) is 15.6. The molecular weight excluding hydrogens is 371 g/mol. The summed E-state index contributed by atoms with van der Waals surface area (Å²) >= 11 is 6.41. The maximum Gasteiger partial charge on any atom is 0.246 e. The number of amides is 2. The van der Waals surface area contributed by atoms with Gasteiger partial charge in [-0.15, -0.1) is 0 Å². The van der Waals surface area contributed by atoms with Crippen molar-refractivity contribution in [3.63, 3.8) is 0 Å². The summed E-state index contributed by atoms with van der Waals surface area (Å²) in [6.45, 7) is 2.78. The largest absolute Gasteiger partial charge is 0.369 e. The number of hydrogen-bond donors (Lipinski definition) is 1. The number of carbonyl (C=O) groups is 2. The lowest BCUT2D eigenvalue weighted by Gasteiger charge is -2.29. The zero-order chi connectivity index (χ0) is 19.6. The van der Waals surface area contributed by atoms with Crippen LogP contribution < -0.4 is 5.73 Å². The number of nitrogens with zero attached hydrogens (tertiary/aromatic N) is 3. The molecule has 2 aromatic rings. The number of nitrogens with two attached hydrogens (primary N) is 1. The fraction of sp³-hybridized carbons (Fsp3) is 0.316. The van der Waals surface area contributed by atoms with Gasteiger partial charge in [0.2, 0.25) is 11.8 Å². The van der Waals surface area contributed by atoms with Gasteiger partial charge in [-0.3, -0.25) is 9.59 Å². The molecule has 0 bridgehead atoms. The van der Waals surface area contributed by atoms with E-state index in [1.165, 1.54) is 22.9 Å². The molecule has 0 spiro atoms. The molecule has 0 radical (unpaired) electrons. The predicted octanol–water partition coefficient (Wildman–Crippen LogP) is 2.71. The standard InChI is InChI=1S/C19H20ClFN4O2/c1-12-16(18(20)25(23-12)15-4-2-14(21)3-5-15)6-7-17(26)24-10-8-13(9-11-24)19(22)27/h2-7,13H,8-11H2,1H3,(H2,22,27)/b7-6+. The number of carbonyl (C=O) groups excluding carboxylic acids is 2. The molecule has 8 heteroatoms. The third kappa shape index (κ3) is 4.19. The number of likely N-dealkylation sites (tertiary alicyclic amines) is 1. The van der Waals surface area contributed by atoms with E-state index in [1.54, 1.807) is 30.0 Å². The third-order valence-corrected chi connectivity index (χ3v) is 5.08. The Morgan fingerprint density at radius 3 is 2.48 bits per heavy atom. The normalized spacial score (nSPS) is 15.4. The van der Waals surface area contributed by atoms with Crippen molar-refractivity contribution in [3.8, 4) is 5.69 Å². The second kappa shape index (κ2) is 7.92. The van der Waals surface area contributed by atoms with Crippen LogP contribution in [-0.2, 0) is 9.59 Å². The molecule has 1 aliphatic rings. The molecule has 3 rings (SSSR count). The van der Waals surface area contributed by atoms with Crippen LogP contribution >= 0.6 is 11.6 Å². The van der Waals surface area contributed by atoms with Crippen LogP contribution in [0, 0.1) is 18.7 Å². The van der Waals surface area contributed by atoms with E-state index in [9.17, 15) is 14.0 Å². The van der Waals surface area contributed by atoms with Crippen molar-refractivity contribution in [1.82, 2.24) is 14.7 Å². The van der Waals surface area contributed by atoms with Crippen molar-refractivity contribution in [2.24, 2.45) is 11.7 Å². The van der Waals surface area contributed by atoms with Gasteiger partial charge in [0.15, 0.2) is 0 Å². The first kappa shape index (κ1) is 19.1. The molecule has 2 amide bonds. The van der Waals surface area contributed by atoms with Crippen LogP contribution in [0.4, 0.5) is 4.39 Å². The molecule has 0 saturated carbocycles. The molecule has 1 aromatic heterocycles. The van der Waals surface area contributed by atoms with E-state index in [4.69, 9.17) is 17.3 Å². The van der Waals surface area contributed by atoms with E-state index in [0.29, 0.717) is 48.0 Å². The van der Waals surface area contributed by atoms with E-state index >= 15 is 0 Å². The van der Waals surface area contributed by atoms with Gasteiger partial charge in [-0.1, -0.05) is 11.6 Å². The molecule has 1 aromatic carbocycles. The SMILES string of the molecule is Cc1nn(-c2ccc(F)cc2)c(Cl)c1/C=C/C(=O)N1CCC(C(N)=O)CC1. The van der Waals surface area contributed by atoms with E-state index < -0.39 is 0 Å². The number of aromatic nitrogens is 2. The summed E-state index contributed by atoms with van der Waals surface area (Å²) in [5, 5.41) is 4.71. The number of benzene rings is 1. The Labute approximate surface area is 161 Å². The van der Waals surface area contributed by atoms with Gasteiger partial charge >= 0.3 is 0 Å². The van der Waals surface area contributed by atoms with Crippen LogP contribution in [0.1, 0.15) is 24.1 Å². The average Bonchev–Trinajstić information content (AvgIpc) is 2.94. The molecule has 0 atom stereocenters. The average molecular weight is 391 g/mol. The fourth-order valence-electron chi connectivity index (χ4n) is 3.10. The van der Waals surface area contributed by atoms with Gasteiger partial charge < -0.3 is 10.6 Å². The second-order valence-corrected chi connectivity index (χ2v) is 6.87. The van der Waals surface area contributed by atoms with Gasteiger partial charge in [0.1, 0.15) is 11.0 Å². The van der Waals surface area contributed by atoms with Crippen molar-refractivity contribution >= 4 is 29.5 Å². The topological polar surface area (TPSA) is 81.2 Å². The molecular formula is C19H20ClFN4O2. The summed E-state index contributed by atoms with van der Waals surface area (Å²) in [6, 6.07) is 5.82. The highest BCUT2D eigenvalue weighted by Gasteiger charge is 2.25. The van der Waals surface area contributed by atoms with Crippen molar-refractivity contribution < 1.29 is 14.0 Å². The Morgan fingerprint density at radius 2 is 1.89 bits per heavy atom. The van der Waals surface area contributed by atoms with Gasteiger partial charge in [0, 0.05) is 30.6 Å². The summed E-state index contributed by atoms with van der Waals surface area (Å²) in [4.78, 5) is 25.3. The maximum absolute atomic E-state index is 13.1. The first-order valence-electron chi connectivity index (χ1n) is 8.64. The summed E-state index contributed by atoms with van der Waals surface area (Å²) in [7, 11) is 0. The Balaban J connectivity index is 1.73. The van der Waals surface area contributed by atoms with Crippen LogP contribution in [0.25, 0.3) is 11.8 Å².